The summed E-state index contributed by atoms with van der Waals surface area (Å²) in [4.78, 5) is 85.2. The van der Waals surface area contributed by atoms with Crippen LogP contribution in [0, 0.1) is 11.8 Å². The molecule has 0 aromatic carbocycles. The molecule has 1 aliphatic heterocycles. The maximum atomic E-state index is 12.6. The second kappa shape index (κ2) is 30.4. The van der Waals surface area contributed by atoms with Gasteiger partial charge in [-0.05, 0) is 45.3 Å². The lowest BCUT2D eigenvalue weighted by Crippen LogP contribution is -2.43. The van der Waals surface area contributed by atoms with Crippen LogP contribution in [0.2, 0.25) is 0 Å². The molecule has 0 unspecified atom stereocenters. The van der Waals surface area contributed by atoms with Crippen molar-refractivity contribution in [1.82, 2.24) is 15.5 Å². The quantitative estimate of drug-likeness (QED) is 0.0544. The SMILES string of the molecule is CC(=O)CCCCCSCNC(=O)[C@H](C)CC(=O)[C@@H](C)NC(=O)[C@H](C)CC(=O)CCOCCOCCOCCOCCCCCCN1C(=O)C=CC1=O. The van der Waals surface area contributed by atoms with E-state index in [1.54, 1.807) is 39.5 Å². The van der Waals surface area contributed by atoms with E-state index in [1.807, 2.05) is 0 Å². The minimum atomic E-state index is -0.776. The smallest absolute Gasteiger partial charge is 0.253 e. The van der Waals surface area contributed by atoms with E-state index in [4.69, 9.17) is 18.9 Å². The first kappa shape index (κ1) is 48.0. The Labute approximate surface area is 319 Å². The van der Waals surface area contributed by atoms with E-state index in [-0.39, 0.29) is 60.9 Å². The maximum absolute atomic E-state index is 12.6. The standard InChI is InChI=1S/C38H63N3O11S/c1-29(38(48)40-32(4)34(44)27-30(2)37(47)39-28-53-25-11-7-8-12-31(3)42)26-33(43)15-18-50-20-22-52-24-23-51-21-19-49-17-10-6-5-9-16-41-35(45)13-14-36(41)46/h13-14,29-30,32H,5-12,15-28H2,1-4H3,(H,39,47)(H,40,48)/t29-,30-,32-/m1/s1. The van der Waals surface area contributed by atoms with Gasteiger partial charge in [0.2, 0.25) is 11.8 Å². The first-order valence-corrected chi connectivity index (χ1v) is 20.1. The summed E-state index contributed by atoms with van der Waals surface area (Å²) >= 11 is 1.60. The summed E-state index contributed by atoms with van der Waals surface area (Å²) in [6.45, 7) is 10.3. The molecule has 1 heterocycles. The van der Waals surface area contributed by atoms with Gasteiger partial charge in [-0.2, -0.15) is 0 Å². The van der Waals surface area contributed by atoms with Gasteiger partial charge in [-0.15, -0.1) is 11.8 Å². The van der Waals surface area contributed by atoms with Crippen molar-refractivity contribution in [3.63, 3.8) is 0 Å². The van der Waals surface area contributed by atoms with Crippen molar-refractivity contribution < 1.29 is 52.5 Å². The lowest BCUT2D eigenvalue weighted by molar-refractivity contribution is -0.137. The van der Waals surface area contributed by atoms with Gasteiger partial charge in [-0.25, -0.2) is 0 Å². The second-order valence-electron chi connectivity index (χ2n) is 13.3. The number of Topliss-reactive ketones (excluding diaryl/α,β-unsaturated/α-hetero) is 3. The lowest BCUT2D eigenvalue weighted by Gasteiger charge is -2.18. The predicted molar refractivity (Wildman–Crippen MR) is 202 cm³/mol. The molecular formula is C38H63N3O11S. The highest BCUT2D eigenvalue weighted by atomic mass is 32.2. The van der Waals surface area contributed by atoms with Crippen LogP contribution >= 0.6 is 11.8 Å². The van der Waals surface area contributed by atoms with Crippen molar-refractivity contribution in [2.45, 2.75) is 104 Å². The molecule has 0 saturated heterocycles. The number of nitrogens with one attached hydrogen (secondary N) is 2. The molecule has 15 heteroatoms. The zero-order chi connectivity index (χ0) is 39.3. The van der Waals surface area contributed by atoms with Gasteiger partial charge < -0.3 is 34.4 Å². The number of nitrogens with zero attached hydrogens (tertiary/aromatic N) is 1. The fourth-order valence-corrected chi connectivity index (χ4v) is 5.89. The molecule has 0 aromatic rings. The van der Waals surface area contributed by atoms with Gasteiger partial charge in [0.05, 0.1) is 58.2 Å². The van der Waals surface area contributed by atoms with Crippen LogP contribution in [-0.2, 0) is 52.5 Å². The fraction of sp³-hybridized carbons (Fsp3) is 0.763. The predicted octanol–water partition coefficient (Wildman–Crippen LogP) is 3.58. The van der Waals surface area contributed by atoms with Crippen molar-refractivity contribution in [2.24, 2.45) is 11.8 Å². The molecule has 0 saturated carbocycles. The number of hydrogen-bond acceptors (Lipinski definition) is 12. The summed E-state index contributed by atoms with van der Waals surface area (Å²) in [6, 6.07) is -0.776. The van der Waals surface area contributed by atoms with Crippen molar-refractivity contribution in [3.05, 3.63) is 12.2 Å². The number of imide groups is 1. The van der Waals surface area contributed by atoms with Crippen LogP contribution < -0.4 is 10.6 Å². The summed E-state index contributed by atoms with van der Waals surface area (Å²) in [5.41, 5.74) is 0. The zero-order valence-corrected chi connectivity index (χ0v) is 33.1. The number of ether oxygens (including phenoxy) is 4. The number of rotatable bonds is 35. The molecule has 0 bridgehead atoms. The molecule has 0 spiro atoms. The van der Waals surface area contributed by atoms with Crippen LogP contribution in [0.15, 0.2) is 12.2 Å². The Balaban J connectivity index is 1.96. The molecule has 0 fully saturated rings. The summed E-state index contributed by atoms with van der Waals surface area (Å²) < 4.78 is 22.0. The monoisotopic (exact) mass is 769 g/mol. The van der Waals surface area contributed by atoms with E-state index in [9.17, 15) is 33.6 Å². The minimum Gasteiger partial charge on any atom is -0.379 e. The highest BCUT2D eigenvalue weighted by Crippen LogP contribution is 2.11. The van der Waals surface area contributed by atoms with Crippen LogP contribution in [0.4, 0.5) is 0 Å². The number of hydrogen-bond donors (Lipinski definition) is 2. The van der Waals surface area contributed by atoms with Crippen LogP contribution in [0.3, 0.4) is 0 Å². The topological polar surface area (TPSA) is 184 Å². The Morgan fingerprint density at radius 3 is 1.83 bits per heavy atom. The van der Waals surface area contributed by atoms with Crippen molar-refractivity contribution >= 4 is 52.7 Å². The number of carbonyl (C=O) groups is 7. The van der Waals surface area contributed by atoms with Crippen LogP contribution in [0.5, 0.6) is 0 Å². The van der Waals surface area contributed by atoms with Crippen molar-refractivity contribution in [2.75, 3.05) is 71.0 Å². The van der Waals surface area contributed by atoms with Crippen LogP contribution in [0.25, 0.3) is 0 Å². The molecule has 53 heavy (non-hydrogen) atoms. The number of amides is 4. The van der Waals surface area contributed by atoms with E-state index in [0.717, 1.165) is 50.7 Å². The average molecular weight is 770 g/mol. The van der Waals surface area contributed by atoms with Crippen LogP contribution in [0.1, 0.15) is 98.3 Å². The molecule has 3 atom stereocenters. The van der Waals surface area contributed by atoms with E-state index < -0.39 is 23.8 Å². The number of thioether (sulfide) groups is 1. The van der Waals surface area contributed by atoms with Crippen molar-refractivity contribution in [1.29, 1.82) is 0 Å². The molecule has 14 nitrogen and oxygen atoms in total. The Hall–Kier alpha value is -2.98. The Bertz CT molecular complexity index is 1150. The summed E-state index contributed by atoms with van der Waals surface area (Å²) in [6.07, 6.45) is 9.83. The molecule has 2 N–H and O–H groups in total. The number of ketones is 3. The van der Waals surface area contributed by atoms with Crippen molar-refractivity contribution in [3.8, 4) is 0 Å². The summed E-state index contributed by atoms with van der Waals surface area (Å²) in [5.74, 6) is -1.06. The fourth-order valence-electron chi connectivity index (χ4n) is 5.09. The molecule has 4 amide bonds. The summed E-state index contributed by atoms with van der Waals surface area (Å²) in [5, 5.41) is 5.49. The van der Waals surface area contributed by atoms with Gasteiger partial charge in [-0.3, -0.25) is 33.7 Å². The largest absolute Gasteiger partial charge is 0.379 e. The lowest BCUT2D eigenvalue weighted by atomic mass is 9.98. The first-order chi connectivity index (χ1) is 25.4. The van der Waals surface area contributed by atoms with E-state index in [0.29, 0.717) is 65.1 Å². The minimum absolute atomic E-state index is 0.00214. The number of unbranched alkanes of at least 4 members (excludes halogenated alkanes) is 5. The molecular weight excluding hydrogens is 706 g/mol. The zero-order valence-electron chi connectivity index (χ0n) is 32.3. The Morgan fingerprint density at radius 1 is 0.660 bits per heavy atom. The molecule has 1 rings (SSSR count). The highest BCUT2D eigenvalue weighted by molar-refractivity contribution is 7.99. The van der Waals surface area contributed by atoms with Gasteiger partial charge in [-0.1, -0.05) is 33.1 Å². The number of carbonyl (C=O) groups excluding carboxylic acids is 7. The third kappa shape index (κ3) is 24.9. The Morgan fingerprint density at radius 2 is 1.21 bits per heavy atom. The third-order valence-corrected chi connectivity index (χ3v) is 9.33. The van der Waals surface area contributed by atoms with Gasteiger partial charge in [0, 0.05) is 62.8 Å². The first-order valence-electron chi connectivity index (χ1n) is 19.0. The molecule has 302 valence electrons. The highest BCUT2D eigenvalue weighted by Gasteiger charge is 2.25. The molecule has 1 aliphatic rings. The molecule has 0 radical (unpaired) electrons. The molecule has 0 aromatic heterocycles. The van der Waals surface area contributed by atoms with E-state index in [2.05, 4.69) is 10.6 Å². The van der Waals surface area contributed by atoms with Gasteiger partial charge in [0.1, 0.15) is 11.6 Å². The van der Waals surface area contributed by atoms with Crippen LogP contribution in [-0.4, -0.2) is 123 Å². The van der Waals surface area contributed by atoms with E-state index >= 15 is 0 Å². The van der Waals surface area contributed by atoms with Gasteiger partial charge in [0.25, 0.3) is 11.8 Å². The second-order valence-corrected chi connectivity index (χ2v) is 14.4. The maximum Gasteiger partial charge on any atom is 0.253 e. The molecule has 0 aliphatic carbocycles. The van der Waals surface area contributed by atoms with Gasteiger partial charge >= 0.3 is 0 Å². The summed E-state index contributed by atoms with van der Waals surface area (Å²) in [7, 11) is 0. The van der Waals surface area contributed by atoms with Gasteiger partial charge in [0.15, 0.2) is 5.78 Å². The normalized spacial score (nSPS) is 14.3. The Kier molecular flexibility index (Phi) is 27.5. The third-order valence-electron chi connectivity index (χ3n) is 8.41. The average Bonchev–Trinajstić information content (AvgIpc) is 3.44. The van der Waals surface area contributed by atoms with E-state index in [1.165, 1.54) is 17.1 Å².